The summed E-state index contributed by atoms with van der Waals surface area (Å²) in [5.74, 6) is 0. The molecule has 0 aromatic carbocycles. The first-order chi connectivity index (χ1) is 5.86. The fourth-order valence-electron chi connectivity index (χ4n) is 1.29. The Labute approximate surface area is 72.9 Å². The summed E-state index contributed by atoms with van der Waals surface area (Å²) in [6.07, 6.45) is 2.42. The maximum Gasteiger partial charge on any atom is 0.200 e. The average molecular weight is 163 g/mol. The number of aliphatic imine (C=N–C) groups is 1. The molecule has 62 valence electrons. The van der Waals surface area contributed by atoms with Gasteiger partial charge in [-0.3, -0.25) is 4.99 Å². The molecule has 0 aliphatic carbocycles. The largest absolute Gasteiger partial charge is 0.345 e. The summed E-state index contributed by atoms with van der Waals surface area (Å²) >= 11 is 0. The smallest absolute Gasteiger partial charge is 0.200 e. The normalized spacial score (nSPS) is 25.3. The van der Waals surface area contributed by atoms with Crippen molar-refractivity contribution in [2.24, 2.45) is 4.99 Å². The highest BCUT2D eigenvalue weighted by Gasteiger charge is 2.21. The van der Waals surface area contributed by atoms with Crippen LogP contribution in [0.2, 0.25) is 0 Å². The van der Waals surface area contributed by atoms with E-state index in [1.54, 1.807) is 0 Å². The van der Waals surface area contributed by atoms with Crippen LogP contribution >= 0.6 is 0 Å². The van der Waals surface area contributed by atoms with Crippen LogP contribution < -0.4 is 0 Å². The molecular formula is C8H10BNO2. The summed E-state index contributed by atoms with van der Waals surface area (Å²) in [5.41, 5.74) is 1.69. The van der Waals surface area contributed by atoms with Gasteiger partial charge in [0.25, 0.3) is 0 Å². The zero-order valence-electron chi connectivity index (χ0n) is 6.82. The minimum absolute atomic E-state index is 0.274. The molecule has 1 fully saturated rings. The Bertz CT molecular complexity index is 231. The lowest BCUT2D eigenvalue weighted by Gasteiger charge is -2.14. The van der Waals surface area contributed by atoms with Gasteiger partial charge in [-0.1, -0.05) is 0 Å². The lowest BCUT2D eigenvalue weighted by Crippen LogP contribution is -2.22. The molecule has 0 atom stereocenters. The fraction of sp³-hybridized carbons (Fsp3) is 0.625. The van der Waals surface area contributed by atoms with Crippen molar-refractivity contribution in [3.8, 4) is 0 Å². The summed E-state index contributed by atoms with van der Waals surface area (Å²) in [5, 5.41) is 0. The van der Waals surface area contributed by atoms with Crippen molar-refractivity contribution in [2.75, 3.05) is 19.8 Å². The van der Waals surface area contributed by atoms with Crippen molar-refractivity contribution >= 4 is 13.6 Å². The number of hydrogen-bond donors (Lipinski definition) is 0. The van der Waals surface area contributed by atoms with E-state index in [9.17, 15) is 0 Å². The van der Waals surface area contributed by atoms with Gasteiger partial charge in [0.15, 0.2) is 0 Å². The SMILES string of the molecule is [B]C1=CC(C2OCCO2)=NCC1. The van der Waals surface area contributed by atoms with E-state index in [-0.39, 0.29) is 6.29 Å². The van der Waals surface area contributed by atoms with Gasteiger partial charge in [0.1, 0.15) is 7.85 Å². The summed E-state index contributed by atoms with van der Waals surface area (Å²) in [6.45, 7) is 2.05. The number of hydrogen-bond acceptors (Lipinski definition) is 3. The Morgan fingerprint density at radius 1 is 1.42 bits per heavy atom. The second-order valence-corrected chi connectivity index (χ2v) is 2.85. The van der Waals surface area contributed by atoms with Gasteiger partial charge in [0, 0.05) is 6.54 Å². The van der Waals surface area contributed by atoms with Crippen molar-refractivity contribution < 1.29 is 9.47 Å². The number of nitrogens with zero attached hydrogens (tertiary/aromatic N) is 1. The van der Waals surface area contributed by atoms with Crippen molar-refractivity contribution in [2.45, 2.75) is 12.7 Å². The Hall–Kier alpha value is -0.605. The quantitative estimate of drug-likeness (QED) is 0.519. The lowest BCUT2D eigenvalue weighted by atomic mass is 9.89. The van der Waals surface area contributed by atoms with Gasteiger partial charge >= 0.3 is 0 Å². The molecule has 2 aliphatic rings. The molecule has 0 saturated carbocycles. The molecule has 2 rings (SSSR count). The molecule has 0 amide bonds. The van der Waals surface area contributed by atoms with Crippen LogP contribution in [0.5, 0.6) is 0 Å². The minimum Gasteiger partial charge on any atom is -0.345 e. The zero-order chi connectivity index (χ0) is 8.39. The first kappa shape index (κ1) is 8.01. The van der Waals surface area contributed by atoms with Gasteiger partial charge in [-0.25, -0.2) is 0 Å². The molecule has 0 bridgehead atoms. The van der Waals surface area contributed by atoms with Crippen molar-refractivity contribution in [1.82, 2.24) is 0 Å². The molecule has 0 aromatic heterocycles. The first-order valence-electron chi connectivity index (χ1n) is 4.10. The molecule has 0 N–H and O–H groups in total. The Balaban J connectivity index is 2.07. The van der Waals surface area contributed by atoms with E-state index in [0.717, 1.165) is 24.1 Å². The fourth-order valence-corrected chi connectivity index (χ4v) is 1.29. The second kappa shape index (κ2) is 3.41. The molecular weight excluding hydrogens is 153 g/mol. The molecule has 1 saturated heterocycles. The maximum atomic E-state index is 5.66. The monoisotopic (exact) mass is 163 g/mol. The molecule has 0 spiro atoms. The minimum atomic E-state index is -0.274. The van der Waals surface area contributed by atoms with E-state index < -0.39 is 0 Å². The molecule has 4 heteroatoms. The van der Waals surface area contributed by atoms with Crippen LogP contribution in [0.4, 0.5) is 0 Å². The van der Waals surface area contributed by atoms with Crippen LogP contribution in [0.15, 0.2) is 16.5 Å². The highest BCUT2D eigenvalue weighted by molar-refractivity contribution is 6.24. The standard InChI is InChI=1S/C8H10BNO2/c9-6-1-2-10-7(5-6)8-11-3-4-12-8/h5,8H,1-4H2. The van der Waals surface area contributed by atoms with Gasteiger partial charge in [-0.05, 0) is 12.5 Å². The van der Waals surface area contributed by atoms with E-state index in [2.05, 4.69) is 4.99 Å². The Kier molecular flexibility index (Phi) is 2.28. The van der Waals surface area contributed by atoms with Crippen LogP contribution in [0.3, 0.4) is 0 Å². The van der Waals surface area contributed by atoms with Gasteiger partial charge in [-0.2, -0.15) is 0 Å². The van der Waals surface area contributed by atoms with E-state index in [0.29, 0.717) is 13.2 Å². The van der Waals surface area contributed by atoms with E-state index in [1.807, 2.05) is 6.08 Å². The summed E-state index contributed by atoms with van der Waals surface area (Å²) in [7, 11) is 5.66. The van der Waals surface area contributed by atoms with Crippen LogP contribution in [0.25, 0.3) is 0 Å². The summed E-state index contributed by atoms with van der Waals surface area (Å²) in [6, 6.07) is 0. The van der Waals surface area contributed by atoms with Crippen LogP contribution in [0, 0.1) is 0 Å². The molecule has 0 aromatic rings. The van der Waals surface area contributed by atoms with Crippen molar-refractivity contribution in [3.63, 3.8) is 0 Å². The van der Waals surface area contributed by atoms with Crippen LogP contribution in [-0.4, -0.2) is 39.6 Å². The zero-order valence-corrected chi connectivity index (χ0v) is 6.82. The second-order valence-electron chi connectivity index (χ2n) is 2.85. The van der Waals surface area contributed by atoms with Crippen LogP contribution in [0.1, 0.15) is 6.42 Å². The number of ether oxygens (including phenoxy) is 2. The highest BCUT2D eigenvalue weighted by atomic mass is 16.7. The number of rotatable bonds is 1. The molecule has 0 unspecified atom stereocenters. The van der Waals surface area contributed by atoms with Crippen LogP contribution in [-0.2, 0) is 9.47 Å². The predicted molar refractivity (Wildman–Crippen MR) is 46.4 cm³/mol. The van der Waals surface area contributed by atoms with Gasteiger partial charge < -0.3 is 9.47 Å². The van der Waals surface area contributed by atoms with Gasteiger partial charge in [0.2, 0.25) is 6.29 Å². The van der Waals surface area contributed by atoms with E-state index in [4.69, 9.17) is 17.3 Å². The Morgan fingerprint density at radius 2 is 2.17 bits per heavy atom. The molecule has 2 radical (unpaired) electrons. The van der Waals surface area contributed by atoms with Gasteiger partial charge in [0.05, 0.1) is 18.9 Å². The summed E-state index contributed by atoms with van der Waals surface area (Å²) < 4.78 is 10.6. The summed E-state index contributed by atoms with van der Waals surface area (Å²) in [4.78, 5) is 4.27. The molecule has 2 heterocycles. The number of dihydropyridines is 1. The predicted octanol–water partition coefficient (Wildman–Crippen LogP) is 0.256. The van der Waals surface area contributed by atoms with E-state index in [1.165, 1.54) is 0 Å². The average Bonchev–Trinajstić information content (AvgIpc) is 2.56. The highest BCUT2D eigenvalue weighted by Crippen LogP contribution is 2.12. The third-order valence-electron chi connectivity index (χ3n) is 1.89. The molecule has 12 heavy (non-hydrogen) atoms. The third kappa shape index (κ3) is 1.59. The van der Waals surface area contributed by atoms with Gasteiger partial charge in [-0.15, -0.1) is 5.47 Å². The third-order valence-corrected chi connectivity index (χ3v) is 1.89. The topological polar surface area (TPSA) is 30.8 Å². The Morgan fingerprint density at radius 3 is 2.83 bits per heavy atom. The van der Waals surface area contributed by atoms with Crippen molar-refractivity contribution in [1.29, 1.82) is 0 Å². The molecule has 2 aliphatic heterocycles. The molecule has 3 nitrogen and oxygen atoms in total. The maximum absolute atomic E-state index is 5.66. The van der Waals surface area contributed by atoms with Crippen molar-refractivity contribution in [3.05, 3.63) is 11.5 Å². The lowest BCUT2D eigenvalue weighted by molar-refractivity contribution is 0.0153. The first-order valence-corrected chi connectivity index (χ1v) is 4.10. The van der Waals surface area contributed by atoms with E-state index >= 15 is 0 Å².